The van der Waals surface area contributed by atoms with Gasteiger partial charge in [-0.25, -0.2) is 0 Å². The number of carbonyl (C=O) groups is 1. The van der Waals surface area contributed by atoms with E-state index in [2.05, 4.69) is 17.6 Å². The van der Waals surface area contributed by atoms with Crippen molar-refractivity contribution in [3.05, 3.63) is 23.0 Å². The summed E-state index contributed by atoms with van der Waals surface area (Å²) in [4.78, 5) is 11.9. The van der Waals surface area contributed by atoms with Gasteiger partial charge in [0.2, 0.25) is 0 Å². The van der Waals surface area contributed by atoms with Crippen molar-refractivity contribution < 1.29 is 4.79 Å². The molecular weight excluding hydrogens is 210 g/mol. The van der Waals surface area contributed by atoms with Crippen LogP contribution in [0.4, 0.5) is 0 Å². The molecule has 1 heterocycles. The van der Waals surface area contributed by atoms with Gasteiger partial charge in [-0.2, -0.15) is 0 Å². The van der Waals surface area contributed by atoms with Crippen LogP contribution in [0, 0.1) is 6.92 Å². The van der Waals surface area contributed by atoms with E-state index in [-0.39, 0.29) is 0 Å². The minimum Gasteiger partial charge on any atom is -0.345 e. The molecule has 0 N–H and O–H groups in total. The second-order valence-corrected chi connectivity index (χ2v) is 5.58. The molecule has 0 radical (unpaired) electrons. The van der Waals surface area contributed by atoms with Gasteiger partial charge in [-0.3, -0.25) is 4.79 Å². The van der Waals surface area contributed by atoms with Crippen LogP contribution >= 0.6 is 0 Å². The standard InChI is InChI=1S/C15H21NO/c1-11-10-13-14(8-5-9-15(13)17)16(11)12-6-3-2-4-7-12/h10,12H,2-9H2,1H3. The topological polar surface area (TPSA) is 22.0 Å². The molecule has 17 heavy (non-hydrogen) atoms. The zero-order valence-electron chi connectivity index (χ0n) is 10.7. The largest absolute Gasteiger partial charge is 0.345 e. The van der Waals surface area contributed by atoms with Crippen LogP contribution in [-0.4, -0.2) is 10.4 Å². The first-order valence-corrected chi connectivity index (χ1v) is 7.01. The van der Waals surface area contributed by atoms with E-state index in [1.807, 2.05) is 0 Å². The SMILES string of the molecule is Cc1cc2c(n1C1CCCCC1)CCCC2=O. The Kier molecular flexibility index (Phi) is 2.81. The van der Waals surface area contributed by atoms with Gasteiger partial charge in [0.15, 0.2) is 5.78 Å². The van der Waals surface area contributed by atoms with Crippen molar-refractivity contribution in [1.82, 2.24) is 4.57 Å². The Morgan fingerprint density at radius 2 is 1.88 bits per heavy atom. The third kappa shape index (κ3) is 1.84. The third-order valence-electron chi connectivity index (χ3n) is 4.39. The highest BCUT2D eigenvalue weighted by molar-refractivity contribution is 5.98. The summed E-state index contributed by atoms with van der Waals surface area (Å²) in [5.41, 5.74) is 3.67. The number of fused-ring (bicyclic) bond motifs is 1. The predicted molar refractivity (Wildman–Crippen MR) is 68.6 cm³/mol. The van der Waals surface area contributed by atoms with Gasteiger partial charge in [0.1, 0.15) is 0 Å². The lowest BCUT2D eigenvalue weighted by Crippen LogP contribution is -2.19. The summed E-state index contributed by atoms with van der Waals surface area (Å²) in [5, 5.41) is 0. The van der Waals surface area contributed by atoms with Crippen LogP contribution < -0.4 is 0 Å². The number of rotatable bonds is 1. The Morgan fingerprint density at radius 1 is 1.12 bits per heavy atom. The maximum atomic E-state index is 11.9. The summed E-state index contributed by atoms with van der Waals surface area (Å²) in [6.07, 6.45) is 9.59. The van der Waals surface area contributed by atoms with Crippen molar-refractivity contribution >= 4 is 5.78 Å². The molecule has 1 aromatic rings. The normalized spacial score (nSPS) is 21.6. The van der Waals surface area contributed by atoms with E-state index in [1.54, 1.807) is 0 Å². The molecule has 0 spiro atoms. The molecular formula is C15H21NO. The maximum Gasteiger partial charge on any atom is 0.164 e. The molecule has 2 heteroatoms. The van der Waals surface area contributed by atoms with Gasteiger partial charge in [0, 0.05) is 29.4 Å². The van der Waals surface area contributed by atoms with Crippen LogP contribution in [0.25, 0.3) is 0 Å². The van der Waals surface area contributed by atoms with Crippen molar-refractivity contribution in [3.63, 3.8) is 0 Å². The van der Waals surface area contributed by atoms with E-state index in [4.69, 9.17) is 0 Å². The Hall–Kier alpha value is -1.05. The monoisotopic (exact) mass is 231 g/mol. The van der Waals surface area contributed by atoms with Gasteiger partial charge in [-0.05, 0) is 38.7 Å². The average molecular weight is 231 g/mol. The lowest BCUT2D eigenvalue weighted by molar-refractivity contribution is 0.0971. The highest BCUT2D eigenvalue weighted by Gasteiger charge is 2.26. The van der Waals surface area contributed by atoms with E-state index in [0.29, 0.717) is 11.8 Å². The van der Waals surface area contributed by atoms with Crippen LogP contribution in [0.5, 0.6) is 0 Å². The number of hydrogen-bond acceptors (Lipinski definition) is 1. The van der Waals surface area contributed by atoms with Crippen molar-refractivity contribution in [1.29, 1.82) is 0 Å². The molecule has 0 aromatic carbocycles. The fourth-order valence-electron chi connectivity index (χ4n) is 3.60. The van der Waals surface area contributed by atoms with Gasteiger partial charge >= 0.3 is 0 Å². The van der Waals surface area contributed by atoms with Crippen molar-refractivity contribution in [3.8, 4) is 0 Å². The molecule has 0 bridgehead atoms. The number of hydrogen-bond donors (Lipinski definition) is 0. The fraction of sp³-hybridized carbons (Fsp3) is 0.667. The highest BCUT2D eigenvalue weighted by atomic mass is 16.1. The molecule has 0 unspecified atom stereocenters. The molecule has 1 saturated carbocycles. The molecule has 2 aliphatic rings. The molecule has 1 aromatic heterocycles. The van der Waals surface area contributed by atoms with E-state index in [0.717, 1.165) is 24.8 Å². The molecule has 0 saturated heterocycles. The fourth-order valence-corrected chi connectivity index (χ4v) is 3.60. The second-order valence-electron chi connectivity index (χ2n) is 5.58. The molecule has 1 fully saturated rings. The number of aromatic nitrogens is 1. The van der Waals surface area contributed by atoms with Gasteiger partial charge in [-0.15, -0.1) is 0 Å². The summed E-state index contributed by atoms with van der Waals surface area (Å²) < 4.78 is 2.49. The number of nitrogens with zero attached hydrogens (tertiary/aromatic N) is 1. The van der Waals surface area contributed by atoms with Gasteiger partial charge in [-0.1, -0.05) is 19.3 Å². The molecule has 0 atom stereocenters. The molecule has 0 aliphatic heterocycles. The Labute approximate surface area is 103 Å². The minimum absolute atomic E-state index is 0.365. The lowest BCUT2D eigenvalue weighted by Gasteiger charge is -2.28. The second kappa shape index (κ2) is 4.32. The van der Waals surface area contributed by atoms with Crippen LogP contribution in [0.3, 0.4) is 0 Å². The first-order valence-electron chi connectivity index (χ1n) is 7.01. The molecule has 2 aliphatic carbocycles. The van der Waals surface area contributed by atoms with E-state index < -0.39 is 0 Å². The number of ketones is 1. The minimum atomic E-state index is 0.365. The summed E-state index contributed by atoms with van der Waals surface area (Å²) in [6, 6.07) is 2.80. The summed E-state index contributed by atoms with van der Waals surface area (Å²) >= 11 is 0. The molecule has 0 amide bonds. The zero-order chi connectivity index (χ0) is 11.8. The number of Topliss-reactive ketones (excluding diaryl/α,β-unsaturated/α-hetero) is 1. The molecule has 2 nitrogen and oxygen atoms in total. The van der Waals surface area contributed by atoms with Gasteiger partial charge in [0.05, 0.1) is 0 Å². The van der Waals surface area contributed by atoms with Gasteiger partial charge in [0.25, 0.3) is 0 Å². The first-order chi connectivity index (χ1) is 8.27. The summed E-state index contributed by atoms with van der Waals surface area (Å²) in [5.74, 6) is 0.365. The van der Waals surface area contributed by atoms with E-state index >= 15 is 0 Å². The third-order valence-corrected chi connectivity index (χ3v) is 4.39. The number of carbonyl (C=O) groups excluding carboxylic acids is 1. The maximum absolute atomic E-state index is 11.9. The van der Waals surface area contributed by atoms with Crippen molar-refractivity contribution in [2.45, 2.75) is 64.3 Å². The van der Waals surface area contributed by atoms with Gasteiger partial charge < -0.3 is 4.57 Å². The number of aryl methyl sites for hydroxylation is 1. The lowest BCUT2D eigenvalue weighted by atomic mass is 9.93. The predicted octanol–water partition coefficient (Wildman–Crippen LogP) is 3.82. The first kappa shape index (κ1) is 11.1. The van der Waals surface area contributed by atoms with E-state index in [9.17, 15) is 4.79 Å². The van der Waals surface area contributed by atoms with Crippen LogP contribution in [0.2, 0.25) is 0 Å². The van der Waals surface area contributed by atoms with Crippen LogP contribution in [0.1, 0.15) is 72.7 Å². The highest BCUT2D eigenvalue weighted by Crippen LogP contribution is 2.34. The average Bonchev–Trinajstić information content (AvgIpc) is 2.68. The quantitative estimate of drug-likeness (QED) is 0.720. The zero-order valence-corrected chi connectivity index (χ0v) is 10.7. The van der Waals surface area contributed by atoms with Crippen molar-refractivity contribution in [2.75, 3.05) is 0 Å². The van der Waals surface area contributed by atoms with E-state index in [1.165, 1.54) is 43.5 Å². The van der Waals surface area contributed by atoms with Crippen molar-refractivity contribution in [2.24, 2.45) is 0 Å². The summed E-state index contributed by atoms with van der Waals surface area (Å²) in [7, 11) is 0. The van der Waals surface area contributed by atoms with Crippen LogP contribution in [-0.2, 0) is 6.42 Å². The Bertz CT molecular complexity index is 438. The van der Waals surface area contributed by atoms with Crippen LogP contribution in [0.15, 0.2) is 6.07 Å². The Balaban J connectivity index is 2.01. The Morgan fingerprint density at radius 3 is 2.65 bits per heavy atom. The molecule has 3 rings (SSSR count). The molecule has 92 valence electrons. The summed E-state index contributed by atoms with van der Waals surface area (Å²) in [6.45, 7) is 2.17. The smallest absolute Gasteiger partial charge is 0.164 e.